The number of aromatic nitrogens is 2. The Morgan fingerprint density at radius 1 is 1.05 bits per heavy atom. The lowest BCUT2D eigenvalue weighted by molar-refractivity contribution is 0.0984. The molecule has 1 saturated heterocycles. The standard InChI is InChI=1S/C27H28N4O4S2/c1-2-35-22-11-14-24-25(18-22)36-27(29-24)31(19-21-8-4-5-15-28-21)26(32)20-9-12-23(13-10-20)37(33,34)30-16-6-3-7-17-30/h4-5,8-15,18H,2-3,6-7,16-17,19H2,1H3. The van der Waals surface area contributed by atoms with Crippen LogP contribution < -0.4 is 9.64 Å². The number of piperidine rings is 1. The van der Waals surface area contributed by atoms with Gasteiger partial charge in [-0.1, -0.05) is 23.8 Å². The van der Waals surface area contributed by atoms with Crippen molar-refractivity contribution in [3.63, 3.8) is 0 Å². The molecule has 10 heteroatoms. The number of amides is 1. The Bertz CT molecular complexity index is 1480. The third-order valence-corrected chi connectivity index (χ3v) is 9.19. The molecule has 0 saturated carbocycles. The fraction of sp³-hybridized carbons (Fsp3) is 0.296. The number of thiazole rings is 1. The zero-order chi connectivity index (χ0) is 25.8. The Kier molecular flexibility index (Phi) is 7.50. The van der Waals surface area contributed by atoms with Crippen LogP contribution in [0.2, 0.25) is 0 Å². The average Bonchev–Trinajstić information content (AvgIpc) is 3.36. The number of benzene rings is 2. The summed E-state index contributed by atoms with van der Waals surface area (Å²) in [6.07, 6.45) is 4.47. The number of carbonyl (C=O) groups excluding carboxylic acids is 1. The molecular formula is C27H28N4O4S2. The second-order valence-corrected chi connectivity index (χ2v) is 11.7. The lowest BCUT2D eigenvalue weighted by atomic mass is 10.2. The maximum absolute atomic E-state index is 13.7. The van der Waals surface area contributed by atoms with Crippen LogP contribution in [0.15, 0.2) is 71.8 Å². The normalized spacial score (nSPS) is 14.5. The number of pyridine rings is 1. The van der Waals surface area contributed by atoms with Crippen molar-refractivity contribution < 1.29 is 17.9 Å². The van der Waals surface area contributed by atoms with Gasteiger partial charge in [-0.05, 0) is 74.4 Å². The molecule has 0 aliphatic carbocycles. The van der Waals surface area contributed by atoms with Crippen molar-refractivity contribution in [1.29, 1.82) is 0 Å². The maximum Gasteiger partial charge on any atom is 0.260 e. The van der Waals surface area contributed by atoms with Gasteiger partial charge >= 0.3 is 0 Å². The van der Waals surface area contributed by atoms with Crippen molar-refractivity contribution in [1.82, 2.24) is 14.3 Å². The van der Waals surface area contributed by atoms with E-state index in [0.29, 0.717) is 30.4 Å². The van der Waals surface area contributed by atoms with E-state index in [1.807, 2.05) is 43.3 Å². The average molecular weight is 537 g/mol. The molecule has 0 atom stereocenters. The van der Waals surface area contributed by atoms with E-state index in [1.54, 1.807) is 23.2 Å². The largest absolute Gasteiger partial charge is 0.494 e. The van der Waals surface area contributed by atoms with E-state index < -0.39 is 10.0 Å². The molecule has 0 spiro atoms. The molecule has 0 bridgehead atoms. The van der Waals surface area contributed by atoms with Crippen molar-refractivity contribution in [2.75, 3.05) is 24.6 Å². The van der Waals surface area contributed by atoms with Gasteiger partial charge in [0.15, 0.2) is 5.13 Å². The van der Waals surface area contributed by atoms with Crippen LogP contribution in [-0.4, -0.2) is 48.3 Å². The van der Waals surface area contributed by atoms with Crippen LogP contribution in [0.3, 0.4) is 0 Å². The molecular weight excluding hydrogens is 508 g/mol. The maximum atomic E-state index is 13.7. The molecule has 192 valence electrons. The number of anilines is 1. The second kappa shape index (κ2) is 11.0. The van der Waals surface area contributed by atoms with Gasteiger partial charge in [-0.3, -0.25) is 14.7 Å². The predicted octanol–water partition coefficient (Wildman–Crippen LogP) is 5.11. The van der Waals surface area contributed by atoms with Gasteiger partial charge in [-0.15, -0.1) is 0 Å². The van der Waals surface area contributed by atoms with Gasteiger partial charge in [0.05, 0.1) is 34.0 Å². The molecule has 5 rings (SSSR count). The predicted molar refractivity (Wildman–Crippen MR) is 145 cm³/mol. The molecule has 2 aromatic heterocycles. The summed E-state index contributed by atoms with van der Waals surface area (Å²) in [6, 6.07) is 17.4. The van der Waals surface area contributed by atoms with Crippen LogP contribution in [-0.2, 0) is 16.6 Å². The fourth-order valence-electron chi connectivity index (χ4n) is 4.32. The molecule has 1 fully saturated rings. The molecule has 0 radical (unpaired) electrons. The Morgan fingerprint density at radius 3 is 2.54 bits per heavy atom. The number of ether oxygens (including phenoxy) is 1. The minimum Gasteiger partial charge on any atom is -0.494 e. The van der Waals surface area contributed by atoms with Crippen molar-refractivity contribution in [2.45, 2.75) is 37.6 Å². The van der Waals surface area contributed by atoms with Crippen LogP contribution in [0.25, 0.3) is 10.2 Å². The van der Waals surface area contributed by atoms with E-state index in [2.05, 4.69) is 4.98 Å². The topological polar surface area (TPSA) is 92.7 Å². The summed E-state index contributed by atoms with van der Waals surface area (Å²) >= 11 is 1.40. The number of hydrogen-bond acceptors (Lipinski definition) is 7. The molecule has 1 amide bonds. The van der Waals surface area contributed by atoms with E-state index in [4.69, 9.17) is 9.72 Å². The first-order valence-electron chi connectivity index (χ1n) is 12.3. The van der Waals surface area contributed by atoms with Crippen LogP contribution in [0.4, 0.5) is 5.13 Å². The highest BCUT2D eigenvalue weighted by atomic mass is 32.2. The van der Waals surface area contributed by atoms with Gasteiger partial charge in [0.1, 0.15) is 5.75 Å². The van der Waals surface area contributed by atoms with Gasteiger partial charge in [-0.25, -0.2) is 13.4 Å². The van der Waals surface area contributed by atoms with Crippen molar-refractivity contribution in [3.8, 4) is 5.75 Å². The molecule has 1 aliphatic rings. The molecule has 3 heterocycles. The second-order valence-electron chi connectivity index (χ2n) is 8.76. The Morgan fingerprint density at radius 2 is 1.84 bits per heavy atom. The Hall–Kier alpha value is -3.34. The van der Waals surface area contributed by atoms with E-state index in [-0.39, 0.29) is 17.3 Å². The summed E-state index contributed by atoms with van der Waals surface area (Å²) in [5, 5.41) is 0.532. The van der Waals surface area contributed by atoms with Crippen molar-refractivity contribution in [3.05, 3.63) is 78.1 Å². The lowest BCUT2D eigenvalue weighted by Crippen LogP contribution is -2.35. The Labute approximate surface area is 220 Å². The molecule has 0 N–H and O–H groups in total. The SMILES string of the molecule is CCOc1ccc2nc(N(Cc3ccccn3)C(=O)c3ccc(S(=O)(=O)N4CCCCC4)cc3)sc2c1. The molecule has 2 aromatic carbocycles. The lowest BCUT2D eigenvalue weighted by Gasteiger charge is -2.26. The smallest absolute Gasteiger partial charge is 0.260 e. The third kappa shape index (κ3) is 5.51. The number of fused-ring (bicyclic) bond motifs is 1. The van der Waals surface area contributed by atoms with Crippen LogP contribution in [0.1, 0.15) is 42.2 Å². The number of nitrogens with zero attached hydrogens (tertiary/aromatic N) is 4. The molecule has 0 unspecified atom stereocenters. The van der Waals surface area contributed by atoms with Crippen molar-refractivity contribution in [2.24, 2.45) is 0 Å². The minimum atomic E-state index is -3.58. The van der Waals surface area contributed by atoms with Gasteiger partial charge in [0.2, 0.25) is 10.0 Å². The quantitative estimate of drug-likeness (QED) is 0.311. The minimum absolute atomic E-state index is 0.200. The Balaban J connectivity index is 1.46. The monoisotopic (exact) mass is 536 g/mol. The highest BCUT2D eigenvalue weighted by Crippen LogP contribution is 2.33. The van der Waals surface area contributed by atoms with Crippen molar-refractivity contribution >= 4 is 42.6 Å². The molecule has 4 aromatic rings. The van der Waals surface area contributed by atoms with E-state index in [1.165, 1.54) is 27.8 Å². The summed E-state index contributed by atoms with van der Waals surface area (Å²) in [6.45, 7) is 3.78. The van der Waals surface area contributed by atoms with Gasteiger partial charge in [0.25, 0.3) is 5.91 Å². The number of rotatable bonds is 8. The van der Waals surface area contributed by atoms with Crippen LogP contribution >= 0.6 is 11.3 Å². The molecule has 1 aliphatic heterocycles. The summed E-state index contributed by atoms with van der Waals surface area (Å²) in [4.78, 5) is 24.6. The molecule has 8 nitrogen and oxygen atoms in total. The first-order chi connectivity index (χ1) is 18.0. The zero-order valence-electron chi connectivity index (χ0n) is 20.5. The van der Waals surface area contributed by atoms with Crippen LogP contribution in [0.5, 0.6) is 5.75 Å². The highest BCUT2D eigenvalue weighted by Gasteiger charge is 2.27. The fourth-order valence-corrected chi connectivity index (χ4v) is 6.83. The van der Waals surface area contributed by atoms with Gasteiger partial charge in [0, 0.05) is 24.8 Å². The van der Waals surface area contributed by atoms with E-state index in [0.717, 1.165) is 40.9 Å². The third-order valence-electron chi connectivity index (χ3n) is 6.24. The highest BCUT2D eigenvalue weighted by molar-refractivity contribution is 7.89. The van der Waals surface area contributed by atoms with Gasteiger partial charge < -0.3 is 4.74 Å². The summed E-state index contributed by atoms with van der Waals surface area (Å²) in [5.74, 6) is 0.468. The first-order valence-corrected chi connectivity index (χ1v) is 14.6. The van der Waals surface area contributed by atoms with E-state index >= 15 is 0 Å². The summed E-state index contributed by atoms with van der Waals surface area (Å²) < 4.78 is 34.1. The van der Waals surface area contributed by atoms with Crippen LogP contribution in [0, 0.1) is 0 Å². The first kappa shape index (κ1) is 25.3. The number of carbonyl (C=O) groups is 1. The number of sulfonamides is 1. The number of hydrogen-bond donors (Lipinski definition) is 0. The summed E-state index contributed by atoms with van der Waals surface area (Å²) in [7, 11) is -3.58. The van der Waals surface area contributed by atoms with E-state index in [9.17, 15) is 13.2 Å². The molecule has 37 heavy (non-hydrogen) atoms. The zero-order valence-corrected chi connectivity index (χ0v) is 22.2. The van der Waals surface area contributed by atoms with Gasteiger partial charge in [-0.2, -0.15) is 4.31 Å². The summed E-state index contributed by atoms with van der Waals surface area (Å²) in [5.41, 5.74) is 1.86.